The molecule has 0 amide bonds. The summed E-state index contributed by atoms with van der Waals surface area (Å²) in [5.41, 5.74) is 6.38. The van der Waals surface area contributed by atoms with Crippen molar-refractivity contribution in [2.24, 2.45) is 5.92 Å². The fourth-order valence-electron chi connectivity index (χ4n) is 5.60. The first-order valence-corrected chi connectivity index (χ1v) is 17.4. The second-order valence-electron chi connectivity index (χ2n) is 14.9. The van der Waals surface area contributed by atoms with E-state index in [1.807, 2.05) is 0 Å². The van der Waals surface area contributed by atoms with Gasteiger partial charge in [0.1, 0.15) is 0 Å². The minimum Gasteiger partial charge on any atom is -0.0999 e. The summed E-state index contributed by atoms with van der Waals surface area (Å²) in [6.45, 7) is 23.2. The first-order valence-electron chi connectivity index (χ1n) is 17.4. The molecule has 0 aliphatic rings. The van der Waals surface area contributed by atoms with E-state index in [-0.39, 0.29) is 10.8 Å². The van der Waals surface area contributed by atoms with Crippen LogP contribution in [-0.2, 0) is 17.3 Å². The van der Waals surface area contributed by atoms with Gasteiger partial charge in [0.15, 0.2) is 0 Å². The Bertz CT molecular complexity index is 777. The minimum absolute atomic E-state index is 0.197. The zero-order valence-corrected chi connectivity index (χ0v) is 28.6. The van der Waals surface area contributed by atoms with Gasteiger partial charge in [0.05, 0.1) is 0 Å². The van der Waals surface area contributed by atoms with Crippen LogP contribution >= 0.6 is 0 Å². The van der Waals surface area contributed by atoms with E-state index in [9.17, 15) is 0 Å². The molecule has 1 atom stereocenters. The highest BCUT2D eigenvalue weighted by Gasteiger charge is 2.20. The molecule has 0 heteroatoms. The van der Waals surface area contributed by atoms with Crippen LogP contribution in [0, 0.1) is 5.92 Å². The molecule has 0 N–H and O–H groups in total. The third-order valence-electron chi connectivity index (χ3n) is 8.84. The van der Waals surface area contributed by atoms with E-state index in [1.165, 1.54) is 144 Å². The molecular formula is C40H70. The van der Waals surface area contributed by atoms with Crippen LogP contribution in [0.3, 0.4) is 0 Å². The van der Waals surface area contributed by atoms with Crippen molar-refractivity contribution in [3.05, 3.63) is 59.2 Å². The lowest BCUT2D eigenvalue weighted by Crippen LogP contribution is -2.17. The summed E-state index contributed by atoms with van der Waals surface area (Å²) in [6, 6.07) is 7.41. The molecule has 0 bridgehead atoms. The quantitative estimate of drug-likeness (QED) is 0.0994. The zero-order chi connectivity index (χ0) is 29.9. The number of unbranched alkanes of at least 4 members (excludes halogenated alkanes) is 11. The van der Waals surface area contributed by atoms with E-state index < -0.39 is 0 Å². The van der Waals surface area contributed by atoms with Gasteiger partial charge >= 0.3 is 0 Å². The lowest BCUT2D eigenvalue weighted by molar-refractivity contribution is 0.433. The Kier molecular flexibility index (Phi) is 18.9. The smallest absolute Gasteiger partial charge is 0.0132 e. The van der Waals surface area contributed by atoms with Crippen LogP contribution in [0.1, 0.15) is 188 Å². The molecule has 0 radical (unpaired) electrons. The summed E-state index contributed by atoms with van der Waals surface area (Å²) >= 11 is 0. The summed E-state index contributed by atoms with van der Waals surface area (Å²) in [4.78, 5) is 0. The van der Waals surface area contributed by atoms with E-state index in [1.54, 1.807) is 0 Å². The third kappa shape index (κ3) is 17.5. The summed E-state index contributed by atoms with van der Waals surface area (Å²) in [5, 5.41) is 0. The number of benzene rings is 1. The lowest BCUT2D eigenvalue weighted by Gasteiger charge is -2.26. The van der Waals surface area contributed by atoms with Gasteiger partial charge in [-0.2, -0.15) is 0 Å². The van der Waals surface area contributed by atoms with Crippen LogP contribution < -0.4 is 0 Å². The van der Waals surface area contributed by atoms with Crippen molar-refractivity contribution in [3.8, 4) is 0 Å². The lowest BCUT2D eigenvalue weighted by atomic mass is 9.79. The van der Waals surface area contributed by atoms with E-state index >= 15 is 0 Å². The van der Waals surface area contributed by atoms with Crippen molar-refractivity contribution in [2.45, 2.75) is 188 Å². The summed E-state index contributed by atoms with van der Waals surface area (Å²) < 4.78 is 0. The summed E-state index contributed by atoms with van der Waals surface area (Å²) in [6.07, 6.45) is 30.2. The normalized spacial score (nSPS) is 13.3. The molecule has 0 nitrogen and oxygen atoms in total. The SMILES string of the molecule is C=C(CCCCCCCCCC/C=C\CCCCC)CCC(CC)CCc1cc(C(C)(C)C)cc(C(C)(C)C)c1. The Morgan fingerprint density at radius 2 is 1.15 bits per heavy atom. The van der Waals surface area contributed by atoms with Gasteiger partial charge in [0.25, 0.3) is 0 Å². The molecule has 0 saturated carbocycles. The second kappa shape index (κ2) is 20.6. The Balaban J connectivity index is 2.21. The number of rotatable bonds is 22. The minimum atomic E-state index is 0.197. The fourth-order valence-corrected chi connectivity index (χ4v) is 5.60. The second-order valence-corrected chi connectivity index (χ2v) is 14.9. The maximum atomic E-state index is 4.45. The van der Waals surface area contributed by atoms with Crippen LogP contribution in [0.15, 0.2) is 42.5 Å². The molecule has 0 fully saturated rings. The maximum Gasteiger partial charge on any atom is -0.0132 e. The molecule has 0 spiro atoms. The van der Waals surface area contributed by atoms with Gasteiger partial charge < -0.3 is 0 Å². The molecule has 0 saturated heterocycles. The van der Waals surface area contributed by atoms with E-state index in [4.69, 9.17) is 0 Å². The Hall–Kier alpha value is -1.30. The van der Waals surface area contributed by atoms with Gasteiger partial charge in [0.2, 0.25) is 0 Å². The molecule has 1 rings (SSSR count). The van der Waals surface area contributed by atoms with Crippen LogP contribution in [0.4, 0.5) is 0 Å². The first kappa shape index (κ1) is 36.7. The average Bonchev–Trinajstić information content (AvgIpc) is 2.89. The highest BCUT2D eigenvalue weighted by atomic mass is 14.3. The molecule has 1 unspecified atom stereocenters. The van der Waals surface area contributed by atoms with Crippen LogP contribution in [0.5, 0.6) is 0 Å². The van der Waals surface area contributed by atoms with Gasteiger partial charge in [-0.25, -0.2) is 0 Å². The number of allylic oxidation sites excluding steroid dienone is 3. The van der Waals surface area contributed by atoms with Crippen molar-refractivity contribution >= 4 is 0 Å². The van der Waals surface area contributed by atoms with E-state index in [2.05, 4.69) is 92.3 Å². The van der Waals surface area contributed by atoms with Crippen LogP contribution in [0.2, 0.25) is 0 Å². The topological polar surface area (TPSA) is 0 Å². The molecule has 1 aromatic carbocycles. The van der Waals surface area contributed by atoms with Crippen LogP contribution in [0.25, 0.3) is 0 Å². The van der Waals surface area contributed by atoms with E-state index in [0.717, 1.165) is 5.92 Å². The molecule has 40 heavy (non-hydrogen) atoms. The monoisotopic (exact) mass is 551 g/mol. The predicted molar refractivity (Wildman–Crippen MR) is 184 cm³/mol. The molecule has 0 heterocycles. The highest BCUT2D eigenvalue weighted by Crippen LogP contribution is 2.31. The maximum absolute atomic E-state index is 4.45. The summed E-state index contributed by atoms with van der Waals surface area (Å²) in [5.74, 6) is 0.810. The Morgan fingerprint density at radius 3 is 1.65 bits per heavy atom. The fraction of sp³-hybridized carbons (Fsp3) is 0.750. The van der Waals surface area contributed by atoms with Gasteiger partial charge in [-0.1, -0.05) is 156 Å². The van der Waals surface area contributed by atoms with Crippen molar-refractivity contribution < 1.29 is 0 Å². The molecule has 1 aromatic rings. The van der Waals surface area contributed by atoms with Crippen LogP contribution in [-0.4, -0.2) is 0 Å². The Morgan fingerprint density at radius 1 is 0.650 bits per heavy atom. The van der Waals surface area contributed by atoms with Gasteiger partial charge in [-0.05, 0) is 97.6 Å². The highest BCUT2D eigenvalue weighted by molar-refractivity contribution is 5.37. The van der Waals surface area contributed by atoms with Crippen molar-refractivity contribution in [1.29, 1.82) is 0 Å². The average molecular weight is 551 g/mol. The van der Waals surface area contributed by atoms with Crippen molar-refractivity contribution in [1.82, 2.24) is 0 Å². The van der Waals surface area contributed by atoms with Crippen molar-refractivity contribution in [3.63, 3.8) is 0 Å². The number of hydrogen-bond acceptors (Lipinski definition) is 0. The standard InChI is InChI=1S/C40H70/c1-10-12-13-14-15-16-17-18-19-20-21-22-23-24-25-26-34(3)27-28-35(11-2)29-30-36-31-37(39(4,5)6)33-38(32-36)40(7,8)9/h15-16,31-33,35H,3,10-14,17-30H2,1-2,4-9H3/b16-15-. The third-order valence-corrected chi connectivity index (χ3v) is 8.84. The van der Waals surface area contributed by atoms with E-state index in [0.29, 0.717) is 0 Å². The summed E-state index contributed by atoms with van der Waals surface area (Å²) in [7, 11) is 0. The van der Waals surface area contributed by atoms with Gasteiger partial charge in [0, 0.05) is 0 Å². The van der Waals surface area contributed by atoms with Crippen molar-refractivity contribution in [2.75, 3.05) is 0 Å². The van der Waals surface area contributed by atoms with Gasteiger partial charge in [-0.15, -0.1) is 0 Å². The molecule has 0 aliphatic carbocycles. The molecule has 0 aromatic heterocycles. The molecular weight excluding hydrogens is 480 g/mol. The Labute approximate surface area is 252 Å². The molecule has 0 aliphatic heterocycles. The predicted octanol–water partition coefficient (Wildman–Crippen LogP) is 13.6. The van der Waals surface area contributed by atoms with Gasteiger partial charge in [-0.3, -0.25) is 0 Å². The zero-order valence-electron chi connectivity index (χ0n) is 28.6. The number of hydrogen-bond donors (Lipinski definition) is 0. The number of aryl methyl sites for hydroxylation is 1. The first-order chi connectivity index (χ1) is 19.0. The molecule has 230 valence electrons. The largest absolute Gasteiger partial charge is 0.0999 e.